The topological polar surface area (TPSA) is 72.0 Å². The summed E-state index contributed by atoms with van der Waals surface area (Å²) in [6, 6.07) is 7.68. The fourth-order valence-electron chi connectivity index (χ4n) is 3.31. The van der Waals surface area contributed by atoms with Crippen LogP contribution in [0.5, 0.6) is 5.75 Å². The minimum atomic E-state index is -0.283. The Morgan fingerprint density at radius 3 is 2.86 bits per heavy atom. The molecule has 0 saturated carbocycles. The van der Waals surface area contributed by atoms with E-state index in [0.717, 1.165) is 11.3 Å². The lowest BCUT2D eigenvalue weighted by Crippen LogP contribution is -2.40. The zero-order valence-corrected chi connectivity index (χ0v) is 17.9. The van der Waals surface area contributed by atoms with Crippen molar-refractivity contribution in [1.29, 1.82) is 0 Å². The van der Waals surface area contributed by atoms with E-state index in [-0.39, 0.29) is 24.5 Å². The van der Waals surface area contributed by atoms with Gasteiger partial charge >= 0.3 is 0 Å². The number of carbonyl (C=O) groups excluding carboxylic acids is 2. The van der Waals surface area contributed by atoms with Crippen LogP contribution in [0.3, 0.4) is 0 Å². The van der Waals surface area contributed by atoms with Gasteiger partial charge < -0.3 is 19.3 Å². The minimum absolute atomic E-state index is 0.0437. The van der Waals surface area contributed by atoms with Crippen molar-refractivity contribution in [3.63, 3.8) is 0 Å². The van der Waals surface area contributed by atoms with Gasteiger partial charge in [0, 0.05) is 25.0 Å². The summed E-state index contributed by atoms with van der Waals surface area (Å²) in [6.45, 7) is 6.01. The van der Waals surface area contributed by atoms with Gasteiger partial charge in [0.05, 0.1) is 25.3 Å². The SMILES string of the molecule is COc1cccc(COC2CN(CC(C)C)C(=O)CN(C(=O)c3cscn3)C2)c1. The first-order valence-corrected chi connectivity index (χ1v) is 10.6. The first-order chi connectivity index (χ1) is 14.0. The highest BCUT2D eigenvalue weighted by molar-refractivity contribution is 7.07. The van der Waals surface area contributed by atoms with E-state index in [4.69, 9.17) is 9.47 Å². The van der Waals surface area contributed by atoms with E-state index < -0.39 is 0 Å². The molecule has 0 radical (unpaired) electrons. The van der Waals surface area contributed by atoms with E-state index in [1.807, 2.05) is 24.3 Å². The zero-order chi connectivity index (χ0) is 20.8. The summed E-state index contributed by atoms with van der Waals surface area (Å²) in [6.07, 6.45) is -0.283. The number of amides is 2. The van der Waals surface area contributed by atoms with Crippen LogP contribution in [0, 0.1) is 5.92 Å². The molecule has 0 aliphatic carbocycles. The third-order valence-electron chi connectivity index (χ3n) is 4.67. The largest absolute Gasteiger partial charge is 0.497 e. The smallest absolute Gasteiger partial charge is 0.273 e. The molecule has 1 aromatic carbocycles. The first kappa shape index (κ1) is 21.3. The summed E-state index contributed by atoms with van der Waals surface area (Å²) >= 11 is 1.36. The number of nitrogens with zero attached hydrogens (tertiary/aromatic N) is 3. The van der Waals surface area contributed by atoms with Gasteiger partial charge in [-0.15, -0.1) is 11.3 Å². The Hall–Kier alpha value is -2.45. The van der Waals surface area contributed by atoms with Crippen molar-refractivity contribution >= 4 is 23.2 Å². The predicted octanol–water partition coefficient (Wildman–Crippen LogP) is 2.68. The Morgan fingerprint density at radius 2 is 2.17 bits per heavy atom. The molecule has 2 heterocycles. The van der Waals surface area contributed by atoms with E-state index in [1.54, 1.807) is 27.8 Å². The second kappa shape index (κ2) is 9.84. The van der Waals surface area contributed by atoms with Gasteiger partial charge in [-0.3, -0.25) is 9.59 Å². The fraction of sp³-hybridized carbons (Fsp3) is 0.476. The summed E-state index contributed by atoms with van der Waals surface area (Å²) in [5.41, 5.74) is 2.97. The molecule has 8 heteroatoms. The van der Waals surface area contributed by atoms with Crippen LogP contribution in [0.25, 0.3) is 0 Å². The van der Waals surface area contributed by atoms with Crippen molar-refractivity contribution in [1.82, 2.24) is 14.8 Å². The summed E-state index contributed by atoms with van der Waals surface area (Å²) < 4.78 is 11.4. The van der Waals surface area contributed by atoms with Gasteiger partial charge in [-0.2, -0.15) is 0 Å². The molecule has 0 bridgehead atoms. The highest BCUT2D eigenvalue weighted by Crippen LogP contribution is 2.17. The third kappa shape index (κ3) is 5.77. The molecule has 7 nitrogen and oxygen atoms in total. The molecule has 1 aliphatic rings. The number of rotatable bonds is 7. The number of aromatic nitrogens is 1. The molecule has 1 atom stereocenters. The van der Waals surface area contributed by atoms with Crippen LogP contribution in [0.15, 0.2) is 35.2 Å². The zero-order valence-electron chi connectivity index (χ0n) is 17.0. The number of hydrogen-bond acceptors (Lipinski definition) is 6. The van der Waals surface area contributed by atoms with Crippen molar-refractivity contribution in [2.75, 3.05) is 33.3 Å². The Kier molecular flexibility index (Phi) is 7.22. The standard InChI is InChI=1S/C21H27N3O4S/c1-15(2)8-23-9-18(28-12-16-5-4-6-17(7-16)27-3)10-24(11-20(23)25)21(26)19-13-29-14-22-19/h4-7,13-15,18H,8-12H2,1-3H3. The average molecular weight is 418 g/mol. The van der Waals surface area contributed by atoms with Gasteiger partial charge in [0.15, 0.2) is 0 Å². The van der Waals surface area contributed by atoms with Crippen molar-refractivity contribution in [3.05, 3.63) is 46.4 Å². The molecule has 156 valence electrons. The molecule has 1 saturated heterocycles. The summed E-state index contributed by atoms with van der Waals surface area (Å²) in [7, 11) is 1.63. The number of benzene rings is 1. The molecule has 1 aromatic heterocycles. The Labute approximate surface area is 175 Å². The third-order valence-corrected chi connectivity index (χ3v) is 5.26. The predicted molar refractivity (Wildman–Crippen MR) is 111 cm³/mol. The summed E-state index contributed by atoms with van der Waals surface area (Å²) in [5.74, 6) is 0.804. The van der Waals surface area contributed by atoms with Crippen LogP contribution in [0.2, 0.25) is 0 Å². The number of thiazole rings is 1. The number of methoxy groups -OCH3 is 1. The molecule has 0 N–H and O–H groups in total. The highest BCUT2D eigenvalue weighted by Gasteiger charge is 2.32. The van der Waals surface area contributed by atoms with E-state index in [9.17, 15) is 9.59 Å². The van der Waals surface area contributed by atoms with Gasteiger partial charge in [0.1, 0.15) is 18.0 Å². The van der Waals surface area contributed by atoms with Crippen molar-refractivity contribution in [2.45, 2.75) is 26.6 Å². The highest BCUT2D eigenvalue weighted by atomic mass is 32.1. The molecule has 3 rings (SSSR count). The lowest BCUT2D eigenvalue weighted by Gasteiger charge is -2.26. The molecule has 29 heavy (non-hydrogen) atoms. The molecular formula is C21H27N3O4S. The second-order valence-corrected chi connectivity index (χ2v) is 8.26. The fourth-order valence-corrected chi connectivity index (χ4v) is 3.84. The Morgan fingerprint density at radius 1 is 1.34 bits per heavy atom. The van der Waals surface area contributed by atoms with Crippen molar-refractivity contribution in [3.8, 4) is 5.75 Å². The number of carbonyl (C=O) groups is 2. The van der Waals surface area contributed by atoms with Crippen LogP contribution >= 0.6 is 11.3 Å². The Balaban J connectivity index is 1.74. The van der Waals surface area contributed by atoms with Crippen LogP contribution in [-0.4, -0.2) is 66.0 Å². The molecule has 2 aromatic rings. The summed E-state index contributed by atoms with van der Waals surface area (Å²) in [5, 5.41) is 1.70. The van der Waals surface area contributed by atoms with Crippen LogP contribution in [-0.2, 0) is 16.1 Å². The maximum atomic E-state index is 12.8. The number of hydrogen-bond donors (Lipinski definition) is 0. The molecule has 1 fully saturated rings. The van der Waals surface area contributed by atoms with E-state index >= 15 is 0 Å². The second-order valence-electron chi connectivity index (χ2n) is 7.54. The van der Waals surface area contributed by atoms with Crippen molar-refractivity contribution < 1.29 is 19.1 Å². The lowest BCUT2D eigenvalue weighted by molar-refractivity contribution is -0.132. The number of ether oxygens (including phenoxy) is 2. The van der Waals surface area contributed by atoms with Crippen LogP contribution in [0.1, 0.15) is 29.9 Å². The van der Waals surface area contributed by atoms with Gasteiger partial charge in [-0.1, -0.05) is 26.0 Å². The van der Waals surface area contributed by atoms with Crippen LogP contribution < -0.4 is 4.74 Å². The molecule has 1 unspecified atom stereocenters. The van der Waals surface area contributed by atoms with Gasteiger partial charge in [0.25, 0.3) is 5.91 Å². The summed E-state index contributed by atoms with van der Waals surface area (Å²) in [4.78, 5) is 33.0. The van der Waals surface area contributed by atoms with E-state index in [2.05, 4.69) is 18.8 Å². The minimum Gasteiger partial charge on any atom is -0.497 e. The normalized spacial score (nSPS) is 17.5. The van der Waals surface area contributed by atoms with Crippen LogP contribution in [0.4, 0.5) is 0 Å². The monoisotopic (exact) mass is 417 g/mol. The Bertz CT molecular complexity index is 825. The quantitative estimate of drug-likeness (QED) is 0.693. The molecule has 1 aliphatic heterocycles. The van der Waals surface area contributed by atoms with Gasteiger partial charge in [-0.05, 0) is 23.6 Å². The molecule has 2 amide bonds. The molecule has 0 spiro atoms. The maximum absolute atomic E-state index is 12.8. The van der Waals surface area contributed by atoms with Gasteiger partial charge in [0.2, 0.25) is 5.91 Å². The molecular weight excluding hydrogens is 390 g/mol. The average Bonchev–Trinajstić information content (AvgIpc) is 3.19. The van der Waals surface area contributed by atoms with E-state index in [1.165, 1.54) is 11.3 Å². The van der Waals surface area contributed by atoms with Gasteiger partial charge in [-0.25, -0.2) is 4.98 Å². The van der Waals surface area contributed by atoms with E-state index in [0.29, 0.717) is 37.9 Å². The first-order valence-electron chi connectivity index (χ1n) is 9.66. The lowest BCUT2D eigenvalue weighted by atomic mass is 10.2. The maximum Gasteiger partial charge on any atom is 0.273 e. The van der Waals surface area contributed by atoms with Crippen molar-refractivity contribution in [2.24, 2.45) is 5.92 Å².